The Labute approximate surface area is 90.0 Å². The molecular formula is C9H10N4OS. The number of rotatable bonds is 3. The lowest BCUT2D eigenvalue weighted by molar-refractivity contribution is 0.913. The van der Waals surface area contributed by atoms with E-state index in [1.54, 1.807) is 12.3 Å². The van der Waals surface area contributed by atoms with Crippen molar-refractivity contribution in [3.8, 4) is 10.6 Å². The standard InChI is InChI=1S/C9H10N4OS/c10-3-1-8-12-13-9(15-8)6-2-4-11-7(14)5-6/h2,4-5H,1,3,10H2,(H,11,14). The van der Waals surface area contributed by atoms with E-state index >= 15 is 0 Å². The first-order valence-corrected chi connectivity index (χ1v) is 5.33. The van der Waals surface area contributed by atoms with Gasteiger partial charge >= 0.3 is 0 Å². The van der Waals surface area contributed by atoms with Crippen LogP contribution >= 0.6 is 11.3 Å². The van der Waals surface area contributed by atoms with Crippen molar-refractivity contribution in [2.24, 2.45) is 5.73 Å². The van der Waals surface area contributed by atoms with Crippen LogP contribution in [0.2, 0.25) is 0 Å². The molecule has 0 bridgehead atoms. The SMILES string of the molecule is NCCc1nnc(-c2cc[nH]c(=O)c2)s1. The molecule has 0 saturated heterocycles. The van der Waals surface area contributed by atoms with Crippen LogP contribution in [0.25, 0.3) is 10.6 Å². The molecule has 0 radical (unpaired) electrons. The van der Waals surface area contributed by atoms with Crippen LogP contribution in [0.5, 0.6) is 0 Å². The largest absolute Gasteiger partial charge is 0.330 e. The number of pyridine rings is 1. The summed E-state index contributed by atoms with van der Waals surface area (Å²) < 4.78 is 0. The molecule has 0 aliphatic rings. The van der Waals surface area contributed by atoms with Gasteiger partial charge in [-0.25, -0.2) is 0 Å². The van der Waals surface area contributed by atoms with E-state index in [4.69, 9.17) is 5.73 Å². The molecule has 3 N–H and O–H groups in total. The highest BCUT2D eigenvalue weighted by Gasteiger charge is 2.05. The highest BCUT2D eigenvalue weighted by atomic mass is 32.1. The topological polar surface area (TPSA) is 84.7 Å². The summed E-state index contributed by atoms with van der Waals surface area (Å²) in [7, 11) is 0. The Morgan fingerprint density at radius 3 is 3.07 bits per heavy atom. The Kier molecular flexibility index (Phi) is 2.89. The number of aromatic nitrogens is 3. The zero-order valence-electron chi connectivity index (χ0n) is 7.93. The molecule has 2 aromatic rings. The Hall–Kier alpha value is -1.53. The minimum absolute atomic E-state index is 0.136. The summed E-state index contributed by atoms with van der Waals surface area (Å²) in [5.74, 6) is 0. The van der Waals surface area contributed by atoms with Gasteiger partial charge in [0, 0.05) is 24.2 Å². The predicted molar refractivity (Wildman–Crippen MR) is 58.7 cm³/mol. The number of hydrogen-bond acceptors (Lipinski definition) is 5. The highest BCUT2D eigenvalue weighted by Crippen LogP contribution is 2.21. The first-order valence-electron chi connectivity index (χ1n) is 4.51. The lowest BCUT2D eigenvalue weighted by Gasteiger charge is -1.91. The lowest BCUT2D eigenvalue weighted by atomic mass is 10.3. The van der Waals surface area contributed by atoms with Gasteiger partial charge in [0.25, 0.3) is 0 Å². The molecular weight excluding hydrogens is 212 g/mol. The fourth-order valence-electron chi connectivity index (χ4n) is 1.17. The summed E-state index contributed by atoms with van der Waals surface area (Å²) in [6.07, 6.45) is 2.32. The summed E-state index contributed by atoms with van der Waals surface area (Å²) in [6.45, 7) is 0.560. The minimum Gasteiger partial charge on any atom is -0.330 e. The van der Waals surface area contributed by atoms with Gasteiger partial charge in [-0.3, -0.25) is 4.79 Å². The summed E-state index contributed by atoms with van der Waals surface area (Å²) in [6, 6.07) is 3.31. The lowest BCUT2D eigenvalue weighted by Crippen LogP contribution is -2.01. The van der Waals surface area contributed by atoms with Crippen molar-refractivity contribution in [3.05, 3.63) is 33.7 Å². The van der Waals surface area contributed by atoms with Crippen molar-refractivity contribution >= 4 is 11.3 Å². The van der Waals surface area contributed by atoms with E-state index < -0.39 is 0 Å². The normalized spacial score (nSPS) is 10.5. The molecule has 0 fully saturated rings. The number of nitrogens with two attached hydrogens (primary N) is 1. The molecule has 6 heteroatoms. The Morgan fingerprint density at radius 2 is 2.33 bits per heavy atom. The Morgan fingerprint density at radius 1 is 1.47 bits per heavy atom. The maximum absolute atomic E-state index is 11.1. The van der Waals surface area contributed by atoms with Crippen molar-refractivity contribution in [2.75, 3.05) is 6.54 Å². The van der Waals surface area contributed by atoms with Crippen molar-refractivity contribution in [1.82, 2.24) is 15.2 Å². The Bertz CT molecular complexity index is 505. The molecule has 0 atom stereocenters. The molecule has 5 nitrogen and oxygen atoms in total. The van der Waals surface area contributed by atoms with Gasteiger partial charge in [-0.05, 0) is 12.6 Å². The number of nitrogens with zero attached hydrogens (tertiary/aromatic N) is 2. The second kappa shape index (κ2) is 4.33. The van der Waals surface area contributed by atoms with E-state index in [2.05, 4.69) is 15.2 Å². The van der Waals surface area contributed by atoms with Gasteiger partial charge in [-0.1, -0.05) is 11.3 Å². The summed E-state index contributed by atoms with van der Waals surface area (Å²) in [5.41, 5.74) is 6.07. The zero-order chi connectivity index (χ0) is 10.7. The molecule has 2 heterocycles. The van der Waals surface area contributed by atoms with Gasteiger partial charge in [0.05, 0.1) is 0 Å². The molecule has 0 unspecified atom stereocenters. The third-order valence-electron chi connectivity index (χ3n) is 1.85. The molecule has 0 amide bonds. The Balaban J connectivity index is 2.33. The van der Waals surface area contributed by atoms with Crippen LogP contribution in [-0.4, -0.2) is 21.7 Å². The van der Waals surface area contributed by atoms with Gasteiger partial charge in [-0.2, -0.15) is 0 Å². The summed E-state index contributed by atoms with van der Waals surface area (Å²) in [5, 5.41) is 9.64. The molecule has 78 valence electrons. The van der Waals surface area contributed by atoms with Crippen molar-refractivity contribution in [2.45, 2.75) is 6.42 Å². The van der Waals surface area contributed by atoms with E-state index in [9.17, 15) is 4.79 Å². The van der Waals surface area contributed by atoms with E-state index in [-0.39, 0.29) is 5.56 Å². The van der Waals surface area contributed by atoms with Gasteiger partial charge < -0.3 is 10.7 Å². The number of nitrogens with one attached hydrogen (secondary N) is 1. The molecule has 2 aromatic heterocycles. The van der Waals surface area contributed by atoms with Crippen molar-refractivity contribution in [3.63, 3.8) is 0 Å². The van der Waals surface area contributed by atoms with Crippen LogP contribution < -0.4 is 11.3 Å². The van der Waals surface area contributed by atoms with Crippen LogP contribution in [0.4, 0.5) is 0 Å². The second-order valence-electron chi connectivity index (χ2n) is 2.98. The molecule has 15 heavy (non-hydrogen) atoms. The fourth-order valence-corrected chi connectivity index (χ4v) is 2.02. The smallest absolute Gasteiger partial charge is 0.248 e. The van der Waals surface area contributed by atoms with Crippen LogP contribution in [0, 0.1) is 0 Å². The summed E-state index contributed by atoms with van der Waals surface area (Å²) >= 11 is 1.46. The van der Waals surface area contributed by atoms with Gasteiger partial charge in [0.15, 0.2) is 0 Å². The van der Waals surface area contributed by atoms with Gasteiger partial charge in [-0.15, -0.1) is 10.2 Å². The fraction of sp³-hybridized carbons (Fsp3) is 0.222. The first kappa shape index (κ1) is 10.0. The number of H-pyrrole nitrogens is 1. The number of aromatic amines is 1. The monoisotopic (exact) mass is 222 g/mol. The zero-order valence-corrected chi connectivity index (χ0v) is 8.75. The van der Waals surface area contributed by atoms with Crippen LogP contribution in [0.3, 0.4) is 0 Å². The van der Waals surface area contributed by atoms with Crippen LogP contribution in [-0.2, 0) is 6.42 Å². The average Bonchev–Trinajstić information content (AvgIpc) is 2.67. The predicted octanol–water partition coefficient (Wildman–Crippen LogP) is 0.395. The van der Waals surface area contributed by atoms with Crippen LogP contribution in [0.1, 0.15) is 5.01 Å². The molecule has 0 aliphatic heterocycles. The quantitative estimate of drug-likeness (QED) is 0.787. The average molecular weight is 222 g/mol. The molecule has 2 rings (SSSR count). The minimum atomic E-state index is -0.136. The van der Waals surface area contributed by atoms with E-state index in [0.717, 1.165) is 22.0 Å². The summed E-state index contributed by atoms with van der Waals surface area (Å²) in [4.78, 5) is 13.6. The van der Waals surface area contributed by atoms with Crippen molar-refractivity contribution < 1.29 is 0 Å². The first-order chi connectivity index (χ1) is 7.29. The van der Waals surface area contributed by atoms with E-state index in [0.29, 0.717) is 6.54 Å². The molecule has 0 aromatic carbocycles. The van der Waals surface area contributed by atoms with Crippen molar-refractivity contribution in [1.29, 1.82) is 0 Å². The third-order valence-corrected chi connectivity index (χ3v) is 2.88. The van der Waals surface area contributed by atoms with E-state index in [1.165, 1.54) is 17.4 Å². The van der Waals surface area contributed by atoms with Gasteiger partial charge in [0.2, 0.25) is 5.56 Å². The molecule has 0 aliphatic carbocycles. The highest BCUT2D eigenvalue weighted by molar-refractivity contribution is 7.14. The van der Waals surface area contributed by atoms with Crippen LogP contribution in [0.15, 0.2) is 23.1 Å². The number of hydrogen-bond donors (Lipinski definition) is 2. The maximum Gasteiger partial charge on any atom is 0.248 e. The maximum atomic E-state index is 11.1. The van der Waals surface area contributed by atoms with E-state index in [1.807, 2.05) is 0 Å². The van der Waals surface area contributed by atoms with Gasteiger partial charge in [0.1, 0.15) is 10.0 Å². The second-order valence-corrected chi connectivity index (χ2v) is 4.04. The third kappa shape index (κ3) is 2.28. The molecule has 0 spiro atoms. The molecule has 0 saturated carbocycles.